The molecule has 5 heteroatoms. The SMILES string of the molecule is COC(=O)c1cc(/C=C\CO)cc(C)c1OC(C)=O. The second kappa shape index (κ2) is 6.70. The maximum Gasteiger partial charge on any atom is 0.341 e. The molecule has 0 amide bonds. The molecule has 0 fully saturated rings. The zero-order valence-corrected chi connectivity index (χ0v) is 11.1. The van der Waals surface area contributed by atoms with E-state index in [-0.39, 0.29) is 17.9 Å². The number of esters is 2. The van der Waals surface area contributed by atoms with Gasteiger partial charge in [-0.2, -0.15) is 0 Å². The summed E-state index contributed by atoms with van der Waals surface area (Å²) in [5.74, 6) is -0.897. The lowest BCUT2D eigenvalue weighted by atomic mass is 10.0. The van der Waals surface area contributed by atoms with E-state index in [1.165, 1.54) is 14.0 Å². The lowest BCUT2D eigenvalue weighted by Crippen LogP contribution is -2.10. The minimum absolute atomic E-state index is 0.0989. The van der Waals surface area contributed by atoms with Gasteiger partial charge < -0.3 is 14.6 Å². The average Bonchev–Trinajstić information content (AvgIpc) is 2.37. The van der Waals surface area contributed by atoms with Crippen LogP contribution < -0.4 is 4.74 Å². The van der Waals surface area contributed by atoms with Gasteiger partial charge in [0.15, 0.2) is 0 Å². The van der Waals surface area contributed by atoms with Crippen LogP contribution in [0.5, 0.6) is 5.75 Å². The van der Waals surface area contributed by atoms with Gasteiger partial charge in [0.25, 0.3) is 0 Å². The van der Waals surface area contributed by atoms with Crippen LogP contribution in [-0.4, -0.2) is 30.8 Å². The summed E-state index contributed by atoms with van der Waals surface area (Å²) in [7, 11) is 1.26. The Balaban J connectivity index is 3.33. The molecular formula is C14H16O5. The standard InChI is InChI=1S/C14H16O5/c1-9-7-11(5-4-6-15)8-12(14(17)18-3)13(9)19-10(2)16/h4-5,7-8,15H,6H2,1-3H3/b5-4-. The predicted octanol–water partition coefficient (Wildman–Crippen LogP) is 1.71. The number of hydrogen-bond donors (Lipinski definition) is 1. The highest BCUT2D eigenvalue weighted by atomic mass is 16.5. The third-order valence-corrected chi connectivity index (χ3v) is 2.36. The van der Waals surface area contributed by atoms with Gasteiger partial charge in [0, 0.05) is 6.92 Å². The molecule has 0 radical (unpaired) electrons. The highest BCUT2D eigenvalue weighted by molar-refractivity contribution is 5.94. The monoisotopic (exact) mass is 264 g/mol. The Bertz CT molecular complexity index is 517. The van der Waals surface area contributed by atoms with Gasteiger partial charge >= 0.3 is 11.9 Å². The number of aryl methyl sites for hydroxylation is 1. The van der Waals surface area contributed by atoms with Crippen LogP contribution in [0, 0.1) is 6.92 Å². The molecule has 0 aliphatic heterocycles. The summed E-state index contributed by atoms with van der Waals surface area (Å²) in [6.07, 6.45) is 3.21. The molecule has 0 aliphatic carbocycles. The molecule has 0 atom stereocenters. The summed E-state index contributed by atoms with van der Waals surface area (Å²) >= 11 is 0. The Morgan fingerprint density at radius 1 is 1.37 bits per heavy atom. The minimum atomic E-state index is -0.585. The van der Waals surface area contributed by atoms with Crippen LogP contribution >= 0.6 is 0 Å². The number of aliphatic hydroxyl groups is 1. The molecule has 0 bridgehead atoms. The summed E-state index contributed by atoms with van der Waals surface area (Å²) in [4.78, 5) is 22.8. The van der Waals surface area contributed by atoms with Crippen molar-refractivity contribution in [2.45, 2.75) is 13.8 Å². The van der Waals surface area contributed by atoms with Crippen LogP contribution in [0.4, 0.5) is 0 Å². The van der Waals surface area contributed by atoms with Crippen LogP contribution in [0.15, 0.2) is 18.2 Å². The van der Waals surface area contributed by atoms with E-state index < -0.39 is 11.9 Å². The molecule has 1 aromatic carbocycles. The molecule has 0 aliphatic rings. The number of hydrogen-bond acceptors (Lipinski definition) is 5. The lowest BCUT2D eigenvalue weighted by molar-refractivity contribution is -0.131. The third kappa shape index (κ3) is 3.93. The van der Waals surface area contributed by atoms with Crippen molar-refractivity contribution in [2.24, 2.45) is 0 Å². The zero-order valence-electron chi connectivity index (χ0n) is 11.1. The predicted molar refractivity (Wildman–Crippen MR) is 69.9 cm³/mol. The summed E-state index contributed by atoms with van der Waals surface area (Å²) in [5.41, 5.74) is 1.52. The summed E-state index contributed by atoms with van der Waals surface area (Å²) in [6, 6.07) is 3.29. The minimum Gasteiger partial charge on any atom is -0.465 e. The van der Waals surface area contributed by atoms with E-state index in [0.29, 0.717) is 11.1 Å². The van der Waals surface area contributed by atoms with Crippen molar-refractivity contribution < 1.29 is 24.2 Å². The molecule has 0 saturated heterocycles. The van der Waals surface area contributed by atoms with Crippen LogP contribution in [0.2, 0.25) is 0 Å². The molecule has 1 rings (SSSR count). The van der Waals surface area contributed by atoms with Crippen LogP contribution in [0.3, 0.4) is 0 Å². The van der Waals surface area contributed by atoms with Crippen molar-refractivity contribution >= 4 is 18.0 Å². The molecule has 19 heavy (non-hydrogen) atoms. The molecule has 5 nitrogen and oxygen atoms in total. The molecular weight excluding hydrogens is 248 g/mol. The first-order valence-corrected chi connectivity index (χ1v) is 5.68. The molecule has 102 valence electrons. The van der Waals surface area contributed by atoms with E-state index >= 15 is 0 Å². The fraction of sp³-hybridized carbons (Fsp3) is 0.286. The Hall–Kier alpha value is -2.14. The molecule has 1 aromatic rings. The smallest absolute Gasteiger partial charge is 0.341 e. The maximum absolute atomic E-state index is 11.7. The van der Waals surface area contributed by atoms with Gasteiger partial charge in [-0.3, -0.25) is 4.79 Å². The number of aliphatic hydroxyl groups excluding tert-OH is 1. The van der Waals surface area contributed by atoms with Crippen molar-refractivity contribution in [3.8, 4) is 5.75 Å². The zero-order chi connectivity index (χ0) is 14.4. The lowest BCUT2D eigenvalue weighted by Gasteiger charge is -2.11. The average molecular weight is 264 g/mol. The van der Waals surface area contributed by atoms with E-state index in [4.69, 9.17) is 9.84 Å². The third-order valence-electron chi connectivity index (χ3n) is 2.36. The van der Waals surface area contributed by atoms with Gasteiger partial charge in [0.1, 0.15) is 11.3 Å². The van der Waals surface area contributed by atoms with Crippen molar-refractivity contribution in [3.05, 3.63) is 34.9 Å². The quantitative estimate of drug-likeness (QED) is 0.662. The van der Waals surface area contributed by atoms with E-state index in [0.717, 1.165) is 0 Å². The van der Waals surface area contributed by atoms with Gasteiger partial charge in [-0.1, -0.05) is 12.2 Å². The second-order valence-electron chi connectivity index (χ2n) is 3.88. The first-order chi connectivity index (χ1) is 8.99. The van der Waals surface area contributed by atoms with E-state index in [9.17, 15) is 9.59 Å². The fourth-order valence-electron chi connectivity index (χ4n) is 1.63. The normalized spacial score (nSPS) is 10.5. The second-order valence-corrected chi connectivity index (χ2v) is 3.88. The fourth-order valence-corrected chi connectivity index (χ4v) is 1.63. The Labute approximate surface area is 111 Å². The highest BCUT2D eigenvalue weighted by Crippen LogP contribution is 2.27. The van der Waals surface area contributed by atoms with Gasteiger partial charge in [0.05, 0.1) is 13.7 Å². The van der Waals surface area contributed by atoms with Gasteiger partial charge in [0.2, 0.25) is 0 Å². The van der Waals surface area contributed by atoms with Crippen molar-refractivity contribution in [1.82, 2.24) is 0 Å². The van der Waals surface area contributed by atoms with Crippen molar-refractivity contribution in [3.63, 3.8) is 0 Å². The summed E-state index contributed by atoms with van der Waals surface area (Å²) in [6.45, 7) is 2.89. The largest absolute Gasteiger partial charge is 0.465 e. The van der Waals surface area contributed by atoms with E-state index in [1.807, 2.05) is 0 Å². The number of rotatable bonds is 4. The van der Waals surface area contributed by atoms with Crippen molar-refractivity contribution in [1.29, 1.82) is 0 Å². The van der Waals surface area contributed by atoms with Crippen LogP contribution in [0.1, 0.15) is 28.4 Å². The molecule has 0 heterocycles. The Kier molecular flexibility index (Phi) is 5.26. The molecule has 0 unspecified atom stereocenters. The number of carbonyl (C=O) groups excluding carboxylic acids is 2. The Morgan fingerprint density at radius 3 is 2.58 bits per heavy atom. The molecule has 0 spiro atoms. The van der Waals surface area contributed by atoms with E-state index in [2.05, 4.69) is 4.74 Å². The number of ether oxygens (including phenoxy) is 2. The first kappa shape index (κ1) is 14.9. The van der Waals surface area contributed by atoms with E-state index in [1.54, 1.807) is 31.2 Å². The summed E-state index contributed by atoms with van der Waals surface area (Å²) in [5, 5.41) is 8.75. The van der Waals surface area contributed by atoms with Gasteiger partial charge in [-0.25, -0.2) is 4.79 Å². The maximum atomic E-state index is 11.7. The molecule has 0 aromatic heterocycles. The Morgan fingerprint density at radius 2 is 2.05 bits per heavy atom. The molecule has 0 saturated carbocycles. The summed E-state index contributed by atoms with van der Waals surface area (Å²) < 4.78 is 9.71. The van der Waals surface area contributed by atoms with Gasteiger partial charge in [-0.15, -0.1) is 0 Å². The van der Waals surface area contributed by atoms with Crippen molar-refractivity contribution in [2.75, 3.05) is 13.7 Å². The number of methoxy groups -OCH3 is 1. The van der Waals surface area contributed by atoms with Crippen LogP contribution in [0.25, 0.3) is 6.08 Å². The first-order valence-electron chi connectivity index (χ1n) is 5.68. The molecule has 1 N–H and O–H groups in total. The van der Waals surface area contributed by atoms with Crippen LogP contribution in [-0.2, 0) is 9.53 Å². The number of benzene rings is 1. The highest BCUT2D eigenvalue weighted by Gasteiger charge is 2.18. The number of carbonyl (C=O) groups is 2. The topological polar surface area (TPSA) is 72.8 Å². The van der Waals surface area contributed by atoms with Gasteiger partial charge in [-0.05, 0) is 30.2 Å².